The van der Waals surface area contributed by atoms with Crippen molar-refractivity contribution >= 4 is 28.6 Å². The number of hydrogen-bond acceptors (Lipinski definition) is 5. The first-order chi connectivity index (χ1) is 10.1. The van der Waals surface area contributed by atoms with Crippen LogP contribution in [-0.2, 0) is 0 Å². The van der Waals surface area contributed by atoms with Gasteiger partial charge in [-0.1, -0.05) is 6.07 Å². The molecule has 1 aliphatic heterocycles. The Morgan fingerprint density at radius 1 is 1.33 bits per heavy atom. The van der Waals surface area contributed by atoms with E-state index in [2.05, 4.69) is 15.1 Å². The molecule has 2 aromatic heterocycles. The smallest absolute Gasteiger partial charge is 0.178 e. The number of nitrogens with zero attached hydrogens (tertiary/aromatic N) is 5. The van der Waals surface area contributed by atoms with Crippen LogP contribution in [0.15, 0.2) is 52.4 Å². The summed E-state index contributed by atoms with van der Waals surface area (Å²) in [6.07, 6.45) is 5.08. The molecule has 7 nitrogen and oxygen atoms in total. The molecule has 0 saturated heterocycles. The average Bonchev–Trinajstić information content (AvgIpc) is 2.85. The molecule has 0 aromatic carbocycles. The SMILES string of the molecule is CN(C)C1=N/C(=N\c2cnn3ccccc23)C(N)=CC1=N. The molecular formula is C14H15N7. The first-order valence-electron chi connectivity index (χ1n) is 6.40. The van der Waals surface area contributed by atoms with Gasteiger partial charge in [-0.3, -0.25) is 5.41 Å². The van der Waals surface area contributed by atoms with Crippen LogP contribution < -0.4 is 5.73 Å². The summed E-state index contributed by atoms with van der Waals surface area (Å²) in [5.74, 6) is 0.924. The van der Waals surface area contributed by atoms with Crippen molar-refractivity contribution < 1.29 is 0 Å². The van der Waals surface area contributed by atoms with Crippen LogP contribution in [-0.4, -0.2) is 46.0 Å². The van der Waals surface area contributed by atoms with E-state index in [0.717, 1.165) is 5.52 Å². The van der Waals surface area contributed by atoms with Crippen LogP contribution in [0.1, 0.15) is 0 Å². The minimum atomic E-state index is 0.274. The van der Waals surface area contributed by atoms with E-state index in [1.807, 2.05) is 38.5 Å². The van der Waals surface area contributed by atoms with E-state index in [4.69, 9.17) is 11.1 Å². The first-order valence-corrected chi connectivity index (χ1v) is 6.40. The molecule has 0 unspecified atom stereocenters. The molecule has 0 amide bonds. The molecule has 3 heterocycles. The summed E-state index contributed by atoms with van der Waals surface area (Å²) in [6.45, 7) is 0. The third-order valence-electron chi connectivity index (χ3n) is 3.07. The monoisotopic (exact) mass is 281 g/mol. The maximum absolute atomic E-state index is 7.88. The molecule has 0 aliphatic carbocycles. The second-order valence-electron chi connectivity index (χ2n) is 4.84. The zero-order chi connectivity index (χ0) is 15.0. The van der Waals surface area contributed by atoms with Crippen molar-refractivity contribution in [3.05, 3.63) is 42.4 Å². The Kier molecular flexibility index (Phi) is 3.02. The van der Waals surface area contributed by atoms with Gasteiger partial charge in [0.2, 0.25) is 0 Å². The van der Waals surface area contributed by atoms with Gasteiger partial charge in [0.15, 0.2) is 11.7 Å². The summed E-state index contributed by atoms with van der Waals surface area (Å²) in [5.41, 5.74) is 8.15. The highest BCUT2D eigenvalue weighted by Gasteiger charge is 2.18. The highest BCUT2D eigenvalue weighted by atomic mass is 15.2. The summed E-state index contributed by atoms with van der Waals surface area (Å²) < 4.78 is 1.74. The van der Waals surface area contributed by atoms with Gasteiger partial charge in [-0.05, 0) is 18.2 Å². The minimum Gasteiger partial charge on any atom is -0.396 e. The predicted molar refractivity (Wildman–Crippen MR) is 83.4 cm³/mol. The van der Waals surface area contributed by atoms with E-state index in [-0.39, 0.29) is 5.71 Å². The van der Waals surface area contributed by atoms with Gasteiger partial charge in [-0.2, -0.15) is 5.10 Å². The normalized spacial score (nSPS) is 17.0. The first kappa shape index (κ1) is 13.0. The zero-order valence-corrected chi connectivity index (χ0v) is 11.8. The molecule has 3 N–H and O–H groups in total. The summed E-state index contributed by atoms with van der Waals surface area (Å²) in [7, 11) is 3.66. The Balaban J connectivity index is 2.10. The molecule has 7 heteroatoms. The number of pyridine rings is 1. The topological polar surface area (TPSA) is 95.1 Å². The van der Waals surface area contributed by atoms with E-state index in [9.17, 15) is 0 Å². The molecule has 1 aliphatic rings. The lowest BCUT2D eigenvalue weighted by Crippen LogP contribution is -2.34. The van der Waals surface area contributed by atoms with E-state index in [0.29, 0.717) is 23.1 Å². The van der Waals surface area contributed by atoms with Crippen molar-refractivity contribution in [3.63, 3.8) is 0 Å². The highest BCUT2D eigenvalue weighted by Crippen LogP contribution is 2.21. The fourth-order valence-corrected chi connectivity index (χ4v) is 2.06. The van der Waals surface area contributed by atoms with Crippen LogP contribution in [0.3, 0.4) is 0 Å². The number of rotatable bonds is 1. The highest BCUT2D eigenvalue weighted by molar-refractivity contribution is 6.48. The van der Waals surface area contributed by atoms with Gasteiger partial charge in [0, 0.05) is 20.3 Å². The van der Waals surface area contributed by atoms with Gasteiger partial charge in [0.25, 0.3) is 0 Å². The third-order valence-corrected chi connectivity index (χ3v) is 3.07. The lowest BCUT2D eigenvalue weighted by Gasteiger charge is -2.19. The van der Waals surface area contributed by atoms with Crippen molar-refractivity contribution in [2.45, 2.75) is 0 Å². The second kappa shape index (κ2) is 4.86. The molecule has 0 atom stereocenters. The number of aromatic nitrogens is 2. The van der Waals surface area contributed by atoms with Gasteiger partial charge in [-0.15, -0.1) is 0 Å². The van der Waals surface area contributed by atoms with E-state index < -0.39 is 0 Å². The van der Waals surface area contributed by atoms with Crippen molar-refractivity contribution in [2.75, 3.05) is 14.1 Å². The molecule has 0 saturated carbocycles. The minimum absolute atomic E-state index is 0.274. The number of amidine groups is 2. The molecule has 0 bridgehead atoms. The fourth-order valence-electron chi connectivity index (χ4n) is 2.06. The van der Waals surface area contributed by atoms with E-state index >= 15 is 0 Å². The van der Waals surface area contributed by atoms with Crippen molar-refractivity contribution in [2.24, 2.45) is 15.7 Å². The van der Waals surface area contributed by atoms with Crippen molar-refractivity contribution in [1.82, 2.24) is 14.5 Å². The van der Waals surface area contributed by atoms with Crippen LogP contribution in [0, 0.1) is 5.41 Å². The number of nitrogens with two attached hydrogens (primary N) is 1. The van der Waals surface area contributed by atoms with Crippen LogP contribution in [0.5, 0.6) is 0 Å². The Labute approximate surface area is 121 Å². The Morgan fingerprint density at radius 3 is 2.90 bits per heavy atom. The average molecular weight is 281 g/mol. The molecule has 0 spiro atoms. The third kappa shape index (κ3) is 2.29. The maximum atomic E-state index is 7.88. The number of fused-ring (bicyclic) bond motifs is 1. The summed E-state index contributed by atoms with van der Waals surface area (Å²) in [4.78, 5) is 10.6. The lowest BCUT2D eigenvalue weighted by atomic mass is 10.2. The van der Waals surface area contributed by atoms with Crippen molar-refractivity contribution in [3.8, 4) is 0 Å². The van der Waals surface area contributed by atoms with E-state index in [1.165, 1.54) is 0 Å². The summed E-state index contributed by atoms with van der Waals surface area (Å²) >= 11 is 0. The molecule has 2 aromatic rings. The quantitative estimate of drug-likeness (QED) is 0.822. The largest absolute Gasteiger partial charge is 0.396 e. The number of aliphatic imine (C=N–C) groups is 2. The zero-order valence-electron chi connectivity index (χ0n) is 11.8. The Morgan fingerprint density at radius 2 is 2.14 bits per heavy atom. The molecule has 106 valence electrons. The summed E-state index contributed by atoms with van der Waals surface area (Å²) in [6, 6.07) is 5.74. The van der Waals surface area contributed by atoms with Gasteiger partial charge in [-0.25, -0.2) is 14.5 Å². The number of hydrogen-bond donors (Lipinski definition) is 2. The molecular weight excluding hydrogens is 266 g/mol. The number of nitrogens with one attached hydrogen (secondary N) is 1. The lowest BCUT2D eigenvalue weighted by molar-refractivity contribution is 0.631. The van der Waals surface area contributed by atoms with E-state index in [1.54, 1.807) is 21.7 Å². The van der Waals surface area contributed by atoms with Crippen molar-refractivity contribution in [1.29, 1.82) is 5.41 Å². The summed E-state index contributed by atoms with van der Waals surface area (Å²) in [5, 5.41) is 12.1. The molecule has 21 heavy (non-hydrogen) atoms. The fraction of sp³-hybridized carbons (Fsp3) is 0.143. The van der Waals surface area contributed by atoms with Crippen LogP contribution in [0.2, 0.25) is 0 Å². The number of dihydropyridines is 1. The van der Waals surface area contributed by atoms with Crippen LogP contribution in [0.25, 0.3) is 5.52 Å². The standard InChI is InChI=1S/C14H15N7/c1-20(2)14-10(16)7-9(15)13(19-14)18-11-8-17-21-6-4-3-5-12(11)21/h3-8,16H,15H2,1-2H3/b16-10?,18-13-. The Hall–Kier alpha value is -2.96. The molecule has 3 rings (SSSR count). The molecule has 0 radical (unpaired) electrons. The second-order valence-corrected chi connectivity index (χ2v) is 4.84. The molecule has 0 fully saturated rings. The maximum Gasteiger partial charge on any atom is 0.178 e. The van der Waals surface area contributed by atoms with Gasteiger partial charge < -0.3 is 10.6 Å². The Bertz CT molecular complexity index is 808. The van der Waals surface area contributed by atoms with Gasteiger partial charge in [0.1, 0.15) is 5.69 Å². The predicted octanol–water partition coefficient (Wildman–Crippen LogP) is 1.20. The van der Waals surface area contributed by atoms with Gasteiger partial charge >= 0.3 is 0 Å². The van der Waals surface area contributed by atoms with Crippen LogP contribution in [0.4, 0.5) is 5.69 Å². The van der Waals surface area contributed by atoms with Gasteiger partial charge in [0.05, 0.1) is 23.1 Å². The van der Waals surface area contributed by atoms with Crippen LogP contribution >= 0.6 is 0 Å².